The number of fused-ring (bicyclic) bond motifs is 1. The van der Waals surface area contributed by atoms with Crippen LogP contribution in [0, 0.1) is 0 Å². The number of hydrogen-bond acceptors (Lipinski definition) is 2. The van der Waals surface area contributed by atoms with Crippen molar-refractivity contribution in [2.75, 3.05) is 0 Å². The summed E-state index contributed by atoms with van der Waals surface area (Å²) >= 11 is 5.99. The molecule has 1 aromatic heterocycles. The number of aromatic nitrogens is 2. The molecule has 2 N–H and O–H groups in total. The SMILES string of the molecule is NC1CCn2cc(Cc3cccc(Cl)c3)nc2C1. The van der Waals surface area contributed by atoms with Gasteiger partial charge in [-0.25, -0.2) is 4.98 Å². The highest BCUT2D eigenvalue weighted by Crippen LogP contribution is 2.18. The van der Waals surface area contributed by atoms with Gasteiger partial charge in [0, 0.05) is 36.6 Å². The molecule has 0 saturated carbocycles. The monoisotopic (exact) mass is 261 g/mol. The van der Waals surface area contributed by atoms with Crippen LogP contribution in [-0.2, 0) is 19.4 Å². The van der Waals surface area contributed by atoms with E-state index in [0.717, 1.165) is 42.3 Å². The van der Waals surface area contributed by atoms with Gasteiger partial charge in [0.15, 0.2) is 0 Å². The molecule has 3 nitrogen and oxygen atoms in total. The molecule has 1 aliphatic rings. The Labute approximate surface area is 112 Å². The van der Waals surface area contributed by atoms with Gasteiger partial charge in [-0.3, -0.25) is 0 Å². The van der Waals surface area contributed by atoms with Gasteiger partial charge in [-0.15, -0.1) is 0 Å². The lowest BCUT2D eigenvalue weighted by Crippen LogP contribution is -2.30. The molecule has 0 saturated heterocycles. The third-order valence-electron chi connectivity index (χ3n) is 3.37. The number of nitrogens with two attached hydrogens (primary N) is 1. The van der Waals surface area contributed by atoms with E-state index in [-0.39, 0.29) is 6.04 Å². The van der Waals surface area contributed by atoms with E-state index in [1.807, 2.05) is 18.2 Å². The van der Waals surface area contributed by atoms with E-state index >= 15 is 0 Å². The summed E-state index contributed by atoms with van der Waals surface area (Å²) in [5.41, 5.74) is 8.26. The number of nitrogens with zero attached hydrogens (tertiary/aromatic N) is 2. The minimum absolute atomic E-state index is 0.263. The zero-order valence-corrected chi connectivity index (χ0v) is 10.9. The minimum atomic E-state index is 0.263. The summed E-state index contributed by atoms with van der Waals surface area (Å²) in [5, 5.41) is 0.776. The third kappa shape index (κ3) is 2.42. The number of hydrogen-bond donors (Lipinski definition) is 1. The zero-order valence-electron chi connectivity index (χ0n) is 10.1. The number of aryl methyl sites for hydroxylation is 1. The molecule has 2 aromatic rings. The number of halogens is 1. The summed E-state index contributed by atoms with van der Waals surface area (Å²) in [7, 11) is 0. The molecule has 18 heavy (non-hydrogen) atoms. The third-order valence-corrected chi connectivity index (χ3v) is 3.60. The molecule has 1 aromatic carbocycles. The molecule has 0 radical (unpaired) electrons. The van der Waals surface area contributed by atoms with Crippen molar-refractivity contribution in [3.63, 3.8) is 0 Å². The molecular weight excluding hydrogens is 246 g/mol. The summed E-state index contributed by atoms with van der Waals surface area (Å²) in [5.74, 6) is 1.12. The van der Waals surface area contributed by atoms with E-state index in [2.05, 4.69) is 21.8 Å². The summed E-state index contributed by atoms with van der Waals surface area (Å²) in [6, 6.07) is 8.20. The summed E-state index contributed by atoms with van der Waals surface area (Å²) in [4.78, 5) is 4.67. The highest BCUT2D eigenvalue weighted by atomic mass is 35.5. The van der Waals surface area contributed by atoms with E-state index in [1.54, 1.807) is 0 Å². The Hall–Kier alpha value is -1.32. The van der Waals surface area contributed by atoms with Crippen molar-refractivity contribution >= 4 is 11.6 Å². The minimum Gasteiger partial charge on any atom is -0.335 e. The first kappa shape index (κ1) is 11.8. The molecule has 0 spiro atoms. The second-order valence-corrected chi connectivity index (χ2v) is 5.34. The second-order valence-electron chi connectivity index (χ2n) is 4.90. The lowest BCUT2D eigenvalue weighted by molar-refractivity contribution is 0.463. The lowest BCUT2D eigenvalue weighted by atomic mass is 10.1. The summed E-state index contributed by atoms with van der Waals surface area (Å²) in [6.45, 7) is 0.985. The average molecular weight is 262 g/mol. The zero-order chi connectivity index (χ0) is 12.5. The van der Waals surface area contributed by atoms with E-state index in [0.29, 0.717) is 0 Å². The van der Waals surface area contributed by atoms with Crippen molar-refractivity contribution in [1.82, 2.24) is 9.55 Å². The highest BCUT2D eigenvalue weighted by Gasteiger charge is 2.17. The van der Waals surface area contributed by atoms with Gasteiger partial charge in [-0.05, 0) is 24.1 Å². The van der Waals surface area contributed by atoms with Gasteiger partial charge in [0.1, 0.15) is 5.82 Å². The van der Waals surface area contributed by atoms with Gasteiger partial charge in [-0.2, -0.15) is 0 Å². The Morgan fingerprint density at radius 1 is 1.44 bits per heavy atom. The van der Waals surface area contributed by atoms with Gasteiger partial charge in [0.05, 0.1) is 5.69 Å². The van der Waals surface area contributed by atoms with Crippen LogP contribution in [0.3, 0.4) is 0 Å². The second kappa shape index (κ2) is 4.75. The van der Waals surface area contributed by atoms with Crippen LogP contribution in [0.1, 0.15) is 23.5 Å². The molecule has 4 heteroatoms. The van der Waals surface area contributed by atoms with Crippen molar-refractivity contribution in [1.29, 1.82) is 0 Å². The molecule has 94 valence electrons. The van der Waals surface area contributed by atoms with E-state index < -0.39 is 0 Å². The molecule has 0 amide bonds. The molecule has 3 rings (SSSR count). The Balaban J connectivity index is 1.82. The maximum atomic E-state index is 5.99. The van der Waals surface area contributed by atoms with Crippen LogP contribution >= 0.6 is 11.6 Å². The molecular formula is C14H16ClN3. The van der Waals surface area contributed by atoms with Gasteiger partial charge >= 0.3 is 0 Å². The topological polar surface area (TPSA) is 43.8 Å². The van der Waals surface area contributed by atoms with Crippen molar-refractivity contribution in [3.8, 4) is 0 Å². The first-order chi connectivity index (χ1) is 8.70. The van der Waals surface area contributed by atoms with Gasteiger partial charge in [-0.1, -0.05) is 23.7 Å². The predicted molar refractivity (Wildman–Crippen MR) is 72.8 cm³/mol. The fourth-order valence-corrected chi connectivity index (χ4v) is 2.67. The molecule has 1 aliphatic heterocycles. The molecule has 1 unspecified atom stereocenters. The van der Waals surface area contributed by atoms with Crippen LogP contribution in [0.5, 0.6) is 0 Å². The van der Waals surface area contributed by atoms with E-state index in [1.165, 1.54) is 5.56 Å². The normalized spacial score (nSPS) is 18.7. The van der Waals surface area contributed by atoms with Crippen molar-refractivity contribution in [2.24, 2.45) is 5.73 Å². The Kier molecular flexibility index (Phi) is 3.10. The van der Waals surface area contributed by atoms with Crippen LogP contribution in [-0.4, -0.2) is 15.6 Å². The number of imidazole rings is 1. The van der Waals surface area contributed by atoms with Gasteiger partial charge < -0.3 is 10.3 Å². The highest BCUT2D eigenvalue weighted by molar-refractivity contribution is 6.30. The number of benzene rings is 1. The maximum Gasteiger partial charge on any atom is 0.110 e. The number of rotatable bonds is 2. The van der Waals surface area contributed by atoms with E-state index in [4.69, 9.17) is 17.3 Å². The Bertz CT molecular complexity index is 562. The maximum absolute atomic E-state index is 5.99. The smallest absolute Gasteiger partial charge is 0.110 e. The fourth-order valence-electron chi connectivity index (χ4n) is 2.45. The lowest BCUT2D eigenvalue weighted by Gasteiger charge is -2.18. The van der Waals surface area contributed by atoms with Crippen LogP contribution in [0.15, 0.2) is 30.5 Å². The molecule has 1 atom stereocenters. The average Bonchev–Trinajstić information content (AvgIpc) is 2.70. The van der Waals surface area contributed by atoms with Crippen LogP contribution in [0.2, 0.25) is 5.02 Å². The molecule has 0 bridgehead atoms. The van der Waals surface area contributed by atoms with E-state index in [9.17, 15) is 0 Å². The van der Waals surface area contributed by atoms with Crippen LogP contribution < -0.4 is 5.73 Å². The van der Waals surface area contributed by atoms with Crippen molar-refractivity contribution in [3.05, 3.63) is 52.6 Å². The fraction of sp³-hybridized carbons (Fsp3) is 0.357. The summed E-state index contributed by atoms with van der Waals surface area (Å²) in [6.07, 6.45) is 4.90. The van der Waals surface area contributed by atoms with Gasteiger partial charge in [0.2, 0.25) is 0 Å². The van der Waals surface area contributed by atoms with Gasteiger partial charge in [0.25, 0.3) is 0 Å². The first-order valence-corrected chi connectivity index (χ1v) is 6.63. The van der Waals surface area contributed by atoms with Crippen molar-refractivity contribution in [2.45, 2.75) is 31.8 Å². The molecule has 0 aliphatic carbocycles. The summed E-state index contributed by atoms with van der Waals surface area (Å²) < 4.78 is 2.23. The largest absolute Gasteiger partial charge is 0.335 e. The quantitative estimate of drug-likeness (QED) is 0.902. The van der Waals surface area contributed by atoms with Crippen LogP contribution in [0.4, 0.5) is 0 Å². The standard InChI is InChI=1S/C14H16ClN3/c15-11-3-1-2-10(6-11)7-13-9-18-5-4-12(16)8-14(18)17-13/h1-3,6,9,12H,4-5,7-8,16H2. The Morgan fingerprint density at radius 2 is 2.33 bits per heavy atom. The van der Waals surface area contributed by atoms with Crippen molar-refractivity contribution < 1.29 is 0 Å². The first-order valence-electron chi connectivity index (χ1n) is 6.25. The molecule has 2 heterocycles. The molecule has 0 fully saturated rings. The van der Waals surface area contributed by atoms with Crippen LogP contribution in [0.25, 0.3) is 0 Å². The predicted octanol–water partition coefficient (Wildman–Crippen LogP) is 2.40. The Morgan fingerprint density at radius 3 is 3.17 bits per heavy atom.